The van der Waals surface area contributed by atoms with Gasteiger partial charge in [0.25, 0.3) is 0 Å². The van der Waals surface area contributed by atoms with Crippen LogP contribution in [0.3, 0.4) is 0 Å². The second-order valence-electron chi connectivity index (χ2n) is 7.68. The van der Waals surface area contributed by atoms with E-state index in [-0.39, 0.29) is 0 Å². The highest BCUT2D eigenvalue weighted by atomic mass is 14.2. The van der Waals surface area contributed by atoms with Crippen LogP contribution < -0.4 is 0 Å². The van der Waals surface area contributed by atoms with Gasteiger partial charge in [-0.3, -0.25) is 0 Å². The van der Waals surface area contributed by atoms with Crippen molar-refractivity contribution in [3.63, 3.8) is 0 Å². The molecule has 0 bridgehead atoms. The predicted molar refractivity (Wildman–Crippen MR) is 115 cm³/mol. The Bertz CT molecular complexity index is 1250. The first-order valence-electron chi connectivity index (χ1n) is 9.29. The SMILES string of the molecule is Cc1cc2cc3c(C)c4cc5ccccc5cc4c(C)c3cc2cc1C. The van der Waals surface area contributed by atoms with Gasteiger partial charge in [0, 0.05) is 0 Å². The van der Waals surface area contributed by atoms with Gasteiger partial charge in [-0.15, -0.1) is 0 Å². The van der Waals surface area contributed by atoms with Gasteiger partial charge in [-0.25, -0.2) is 0 Å². The van der Waals surface area contributed by atoms with Gasteiger partial charge in [0.1, 0.15) is 0 Å². The van der Waals surface area contributed by atoms with Crippen LogP contribution in [-0.4, -0.2) is 0 Å². The third-order valence-electron chi connectivity index (χ3n) is 6.09. The van der Waals surface area contributed by atoms with Crippen molar-refractivity contribution in [1.29, 1.82) is 0 Å². The monoisotopic (exact) mass is 334 g/mol. The van der Waals surface area contributed by atoms with Crippen molar-refractivity contribution in [2.75, 3.05) is 0 Å². The zero-order valence-electron chi connectivity index (χ0n) is 15.8. The molecule has 0 aliphatic heterocycles. The van der Waals surface area contributed by atoms with E-state index in [2.05, 4.69) is 88.4 Å². The summed E-state index contributed by atoms with van der Waals surface area (Å²) in [6.07, 6.45) is 0. The summed E-state index contributed by atoms with van der Waals surface area (Å²) in [5.41, 5.74) is 5.48. The van der Waals surface area contributed by atoms with Gasteiger partial charge < -0.3 is 0 Å². The number of benzene rings is 5. The van der Waals surface area contributed by atoms with Gasteiger partial charge in [-0.1, -0.05) is 36.4 Å². The molecule has 0 saturated heterocycles. The number of hydrogen-bond acceptors (Lipinski definition) is 0. The Hall–Kier alpha value is -2.86. The first-order valence-corrected chi connectivity index (χ1v) is 9.29. The van der Waals surface area contributed by atoms with E-state index in [0.29, 0.717) is 0 Å². The topological polar surface area (TPSA) is 0 Å². The lowest BCUT2D eigenvalue weighted by atomic mass is 9.89. The van der Waals surface area contributed by atoms with E-state index in [1.807, 2.05) is 0 Å². The predicted octanol–water partition coefficient (Wildman–Crippen LogP) is 7.53. The average Bonchev–Trinajstić information content (AvgIpc) is 2.65. The molecule has 0 unspecified atom stereocenters. The van der Waals surface area contributed by atoms with Gasteiger partial charge >= 0.3 is 0 Å². The Balaban J connectivity index is 2.00. The standard InChI is InChI=1S/C26H22/c1-15-9-21-13-25-17(3)23-11-19-7-5-6-8-20(19)12-24(23)18(4)26(25)14-22(21)10-16(15)2/h5-14H,1-4H3. The molecule has 0 amide bonds. The summed E-state index contributed by atoms with van der Waals surface area (Å²) in [6.45, 7) is 8.94. The molecule has 5 aromatic carbocycles. The van der Waals surface area contributed by atoms with Crippen molar-refractivity contribution in [3.8, 4) is 0 Å². The first-order chi connectivity index (χ1) is 12.5. The highest BCUT2D eigenvalue weighted by molar-refractivity contribution is 6.13. The van der Waals surface area contributed by atoms with Crippen molar-refractivity contribution in [2.24, 2.45) is 0 Å². The fraction of sp³-hybridized carbons (Fsp3) is 0.154. The Morgan fingerprint density at radius 1 is 0.423 bits per heavy atom. The second kappa shape index (κ2) is 5.32. The number of hydrogen-bond donors (Lipinski definition) is 0. The van der Waals surface area contributed by atoms with E-state index in [0.717, 1.165) is 0 Å². The van der Waals surface area contributed by atoms with E-state index < -0.39 is 0 Å². The molecule has 0 saturated carbocycles. The van der Waals surface area contributed by atoms with Crippen molar-refractivity contribution >= 4 is 43.1 Å². The Morgan fingerprint density at radius 2 is 0.769 bits per heavy atom. The molecule has 0 heteroatoms. The van der Waals surface area contributed by atoms with Gasteiger partial charge in [-0.2, -0.15) is 0 Å². The van der Waals surface area contributed by atoms with Crippen LogP contribution in [0.1, 0.15) is 22.3 Å². The van der Waals surface area contributed by atoms with E-state index in [1.165, 1.54) is 65.3 Å². The molecule has 0 fully saturated rings. The third-order valence-corrected chi connectivity index (χ3v) is 6.09. The van der Waals surface area contributed by atoms with Crippen LogP contribution in [-0.2, 0) is 0 Å². The minimum Gasteiger partial charge on any atom is -0.0616 e. The van der Waals surface area contributed by atoms with E-state index in [4.69, 9.17) is 0 Å². The van der Waals surface area contributed by atoms with Gasteiger partial charge in [0.15, 0.2) is 0 Å². The third kappa shape index (κ3) is 2.08. The molecule has 5 rings (SSSR count). The normalized spacial score (nSPS) is 11.8. The molecule has 0 aliphatic carbocycles. The lowest BCUT2D eigenvalue weighted by molar-refractivity contribution is 1.37. The zero-order valence-corrected chi connectivity index (χ0v) is 15.8. The van der Waals surface area contributed by atoms with E-state index in [9.17, 15) is 0 Å². The van der Waals surface area contributed by atoms with E-state index in [1.54, 1.807) is 0 Å². The fourth-order valence-corrected chi connectivity index (χ4v) is 4.35. The number of aryl methyl sites for hydroxylation is 4. The highest BCUT2D eigenvalue weighted by Gasteiger charge is 2.11. The molecule has 5 aromatic rings. The maximum absolute atomic E-state index is 2.38. The van der Waals surface area contributed by atoms with Gasteiger partial charge in [0.05, 0.1) is 0 Å². The molecule has 26 heavy (non-hydrogen) atoms. The smallest absolute Gasteiger partial charge is 0.0139 e. The molecule has 126 valence electrons. The van der Waals surface area contributed by atoms with Crippen LogP contribution in [0.4, 0.5) is 0 Å². The van der Waals surface area contributed by atoms with Crippen molar-refractivity contribution in [3.05, 3.63) is 82.9 Å². The lowest BCUT2D eigenvalue weighted by Gasteiger charge is -2.15. The lowest BCUT2D eigenvalue weighted by Crippen LogP contribution is -1.90. The van der Waals surface area contributed by atoms with Crippen LogP contribution in [0, 0.1) is 27.7 Å². The van der Waals surface area contributed by atoms with Crippen molar-refractivity contribution in [1.82, 2.24) is 0 Å². The summed E-state index contributed by atoms with van der Waals surface area (Å²) < 4.78 is 0. The minimum atomic E-state index is 1.31. The first kappa shape index (κ1) is 15.4. The largest absolute Gasteiger partial charge is 0.0616 e. The molecule has 0 spiro atoms. The number of fused-ring (bicyclic) bond motifs is 4. The molecule has 0 heterocycles. The Kier molecular flexibility index (Phi) is 3.15. The quantitative estimate of drug-likeness (QED) is 0.257. The molecular weight excluding hydrogens is 312 g/mol. The summed E-state index contributed by atoms with van der Waals surface area (Å²) >= 11 is 0. The van der Waals surface area contributed by atoms with Crippen LogP contribution in [0.2, 0.25) is 0 Å². The molecular formula is C26H22. The maximum atomic E-state index is 2.38. The van der Waals surface area contributed by atoms with Crippen LogP contribution in [0.5, 0.6) is 0 Å². The summed E-state index contributed by atoms with van der Waals surface area (Å²) in [4.78, 5) is 0. The number of rotatable bonds is 0. The van der Waals surface area contributed by atoms with Gasteiger partial charge in [-0.05, 0) is 117 Å². The van der Waals surface area contributed by atoms with Gasteiger partial charge in [0.2, 0.25) is 0 Å². The van der Waals surface area contributed by atoms with E-state index >= 15 is 0 Å². The highest BCUT2D eigenvalue weighted by Crippen LogP contribution is 2.37. The second-order valence-corrected chi connectivity index (χ2v) is 7.68. The summed E-state index contributed by atoms with van der Waals surface area (Å²) in [5, 5.41) is 10.8. The van der Waals surface area contributed by atoms with Crippen LogP contribution in [0.15, 0.2) is 60.7 Å². The molecule has 0 nitrogen and oxygen atoms in total. The minimum absolute atomic E-state index is 1.31. The molecule has 0 radical (unpaired) electrons. The molecule has 0 aromatic heterocycles. The van der Waals surface area contributed by atoms with Crippen LogP contribution >= 0.6 is 0 Å². The summed E-state index contributed by atoms with van der Waals surface area (Å²) in [5.74, 6) is 0. The summed E-state index contributed by atoms with van der Waals surface area (Å²) in [7, 11) is 0. The molecule has 0 aliphatic rings. The Labute approximate surface area is 154 Å². The maximum Gasteiger partial charge on any atom is -0.0139 e. The summed E-state index contributed by atoms with van der Waals surface area (Å²) in [6, 6.07) is 22.8. The molecule has 0 atom stereocenters. The fourth-order valence-electron chi connectivity index (χ4n) is 4.35. The van der Waals surface area contributed by atoms with Crippen molar-refractivity contribution < 1.29 is 0 Å². The Morgan fingerprint density at radius 3 is 1.15 bits per heavy atom. The molecule has 0 N–H and O–H groups in total. The average molecular weight is 334 g/mol. The van der Waals surface area contributed by atoms with Crippen LogP contribution in [0.25, 0.3) is 43.1 Å². The zero-order chi connectivity index (χ0) is 18.0. The van der Waals surface area contributed by atoms with Crippen molar-refractivity contribution in [2.45, 2.75) is 27.7 Å².